The summed E-state index contributed by atoms with van der Waals surface area (Å²) in [6.45, 7) is 4.93. The van der Waals surface area contributed by atoms with E-state index in [-0.39, 0.29) is 11.9 Å². The van der Waals surface area contributed by atoms with Crippen molar-refractivity contribution in [2.24, 2.45) is 5.73 Å². The molecule has 0 saturated carbocycles. The fourth-order valence-electron chi connectivity index (χ4n) is 1.23. The summed E-state index contributed by atoms with van der Waals surface area (Å²) in [5, 5.41) is 2.87. The minimum absolute atomic E-state index is 0.0839. The summed E-state index contributed by atoms with van der Waals surface area (Å²) >= 11 is 0. The van der Waals surface area contributed by atoms with Crippen LogP contribution in [0, 0.1) is 0 Å². The van der Waals surface area contributed by atoms with Crippen LogP contribution in [0.3, 0.4) is 0 Å². The van der Waals surface area contributed by atoms with Crippen LogP contribution in [0.15, 0.2) is 0 Å². The molecule has 0 spiro atoms. The Morgan fingerprint density at radius 1 is 1.77 bits per heavy atom. The lowest BCUT2D eigenvalue weighted by Crippen LogP contribution is -2.56. The van der Waals surface area contributed by atoms with Crippen LogP contribution in [0.5, 0.6) is 0 Å². The second-order valence-electron chi connectivity index (χ2n) is 3.74. The number of amides is 1. The van der Waals surface area contributed by atoms with Gasteiger partial charge in [0.25, 0.3) is 0 Å². The number of hydrogen-bond acceptors (Lipinski definition) is 3. The van der Waals surface area contributed by atoms with Crippen LogP contribution in [0.4, 0.5) is 0 Å². The smallest absolute Gasteiger partial charge is 0.242 e. The Bertz CT molecular complexity index is 188. The highest BCUT2D eigenvalue weighted by Gasteiger charge is 2.38. The van der Waals surface area contributed by atoms with E-state index in [1.54, 1.807) is 0 Å². The van der Waals surface area contributed by atoms with Crippen LogP contribution in [0.2, 0.25) is 0 Å². The van der Waals surface area contributed by atoms with Crippen molar-refractivity contribution < 1.29 is 9.53 Å². The third-order valence-electron chi connectivity index (χ3n) is 2.49. The van der Waals surface area contributed by atoms with Crippen molar-refractivity contribution in [3.63, 3.8) is 0 Å². The molecule has 4 nitrogen and oxygen atoms in total. The number of rotatable bonds is 3. The van der Waals surface area contributed by atoms with Gasteiger partial charge in [-0.15, -0.1) is 0 Å². The molecule has 76 valence electrons. The average Bonchev–Trinajstić information content (AvgIpc) is 2.53. The van der Waals surface area contributed by atoms with E-state index in [4.69, 9.17) is 10.5 Å². The molecule has 0 aromatic rings. The molecule has 1 aliphatic heterocycles. The van der Waals surface area contributed by atoms with Gasteiger partial charge in [-0.25, -0.2) is 0 Å². The highest BCUT2D eigenvalue weighted by molar-refractivity contribution is 5.86. The Morgan fingerprint density at radius 3 is 2.92 bits per heavy atom. The molecule has 1 amide bonds. The Morgan fingerprint density at radius 2 is 2.46 bits per heavy atom. The largest absolute Gasteiger partial charge is 0.379 e. The third kappa shape index (κ3) is 2.42. The van der Waals surface area contributed by atoms with Crippen molar-refractivity contribution in [2.75, 3.05) is 13.2 Å². The van der Waals surface area contributed by atoms with Crippen LogP contribution >= 0.6 is 0 Å². The molecular formula is C9H18N2O2. The van der Waals surface area contributed by atoms with Crippen molar-refractivity contribution in [3.05, 3.63) is 0 Å². The molecule has 0 bridgehead atoms. The lowest BCUT2D eigenvalue weighted by atomic mass is 9.99. The molecule has 3 N–H and O–H groups in total. The SMILES string of the molecule is CCC(C)NC(=O)C1(N)CCOC1. The van der Waals surface area contributed by atoms with Gasteiger partial charge in [0.15, 0.2) is 0 Å². The Labute approximate surface area is 78.8 Å². The first kappa shape index (κ1) is 10.5. The van der Waals surface area contributed by atoms with Crippen LogP contribution in [0.25, 0.3) is 0 Å². The maximum absolute atomic E-state index is 11.6. The standard InChI is InChI=1S/C9H18N2O2/c1-3-7(2)11-8(12)9(10)4-5-13-6-9/h7H,3-6,10H2,1-2H3,(H,11,12). The Hall–Kier alpha value is -0.610. The molecule has 1 saturated heterocycles. The number of nitrogens with one attached hydrogen (secondary N) is 1. The summed E-state index contributed by atoms with van der Waals surface area (Å²) in [4.78, 5) is 11.6. The van der Waals surface area contributed by atoms with E-state index >= 15 is 0 Å². The number of nitrogens with two attached hydrogens (primary N) is 1. The van der Waals surface area contributed by atoms with E-state index in [1.807, 2.05) is 13.8 Å². The molecular weight excluding hydrogens is 168 g/mol. The van der Waals surface area contributed by atoms with Gasteiger partial charge >= 0.3 is 0 Å². The molecule has 1 fully saturated rings. The zero-order valence-corrected chi connectivity index (χ0v) is 8.30. The summed E-state index contributed by atoms with van der Waals surface area (Å²) in [6, 6.07) is 0.188. The van der Waals surface area contributed by atoms with E-state index in [0.29, 0.717) is 19.6 Å². The van der Waals surface area contributed by atoms with Gasteiger partial charge in [-0.3, -0.25) is 4.79 Å². The Balaban J connectivity index is 2.46. The molecule has 0 aromatic heterocycles. The van der Waals surface area contributed by atoms with Crippen molar-refractivity contribution in [1.29, 1.82) is 0 Å². The fourth-order valence-corrected chi connectivity index (χ4v) is 1.23. The zero-order chi connectivity index (χ0) is 9.90. The van der Waals surface area contributed by atoms with Crippen molar-refractivity contribution in [2.45, 2.75) is 38.3 Å². The van der Waals surface area contributed by atoms with Crippen molar-refractivity contribution >= 4 is 5.91 Å². The summed E-state index contributed by atoms with van der Waals surface area (Å²) in [7, 11) is 0. The van der Waals surface area contributed by atoms with Gasteiger partial charge in [-0.1, -0.05) is 6.92 Å². The van der Waals surface area contributed by atoms with Gasteiger partial charge in [0.05, 0.1) is 6.61 Å². The van der Waals surface area contributed by atoms with Crippen LogP contribution in [-0.4, -0.2) is 30.7 Å². The van der Waals surface area contributed by atoms with Crippen LogP contribution < -0.4 is 11.1 Å². The van der Waals surface area contributed by atoms with Gasteiger partial charge in [0.2, 0.25) is 5.91 Å². The van der Waals surface area contributed by atoms with Gasteiger partial charge in [0.1, 0.15) is 5.54 Å². The molecule has 13 heavy (non-hydrogen) atoms. The molecule has 0 aliphatic carbocycles. The minimum atomic E-state index is -0.788. The monoisotopic (exact) mass is 186 g/mol. The molecule has 0 aromatic carbocycles. The molecule has 2 atom stereocenters. The first-order valence-electron chi connectivity index (χ1n) is 4.76. The first-order chi connectivity index (χ1) is 6.08. The molecule has 2 unspecified atom stereocenters. The summed E-state index contributed by atoms with van der Waals surface area (Å²) < 4.78 is 5.11. The van der Waals surface area contributed by atoms with E-state index in [1.165, 1.54) is 0 Å². The van der Waals surface area contributed by atoms with E-state index in [9.17, 15) is 4.79 Å². The van der Waals surface area contributed by atoms with E-state index in [0.717, 1.165) is 6.42 Å². The number of carbonyl (C=O) groups is 1. The normalized spacial score (nSPS) is 30.1. The first-order valence-corrected chi connectivity index (χ1v) is 4.76. The minimum Gasteiger partial charge on any atom is -0.379 e. The lowest BCUT2D eigenvalue weighted by Gasteiger charge is -2.23. The average molecular weight is 186 g/mol. The predicted octanol–water partition coefficient (Wildman–Crippen LogP) is 0.0189. The van der Waals surface area contributed by atoms with Crippen LogP contribution in [-0.2, 0) is 9.53 Å². The summed E-state index contributed by atoms with van der Waals surface area (Å²) in [5.41, 5.74) is 5.08. The van der Waals surface area contributed by atoms with E-state index < -0.39 is 5.54 Å². The van der Waals surface area contributed by atoms with E-state index in [2.05, 4.69) is 5.32 Å². The fraction of sp³-hybridized carbons (Fsp3) is 0.889. The summed E-state index contributed by atoms with van der Waals surface area (Å²) in [5.74, 6) is -0.0839. The van der Waals surface area contributed by atoms with Crippen molar-refractivity contribution in [3.8, 4) is 0 Å². The number of carbonyl (C=O) groups excluding carboxylic acids is 1. The topological polar surface area (TPSA) is 64.4 Å². The van der Waals surface area contributed by atoms with Gasteiger partial charge in [-0.2, -0.15) is 0 Å². The highest BCUT2D eigenvalue weighted by atomic mass is 16.5. The molecule has 4 heteroatoms. The second-order valence-corrected chi connectivity index (χ2v) is 3.74. The van der Waals surface area contributed by atoms with Crippen LogP contribution in [0.1, 0.15) is 26.7 Å². The molecule has 1 heterocycles. The molecule has 1 aliphatic rings. The highest BCUT2D eigenvalue weighted by Crippen LogP contribution is 2.15. The number of ether oxygens (including phenoxy) is 1. The third-order valence-corrected chi connectivity index (χ3v) is 2.49. The van der Waals surface area contributed by atoms with Gasteiger partial charge in [-0.05, 0) is 19.8 Å². The lowest BCUT2D eigenvalue weighted by molar-refractivity contribution is -0.127. The predicted molar refractivity (Wildman–Crippen MR) is 50.3 cm³/mol. The molecule has 0 radical (unpaired) electrons. The maximum atomic E-state index is 11.6. The second kappa shape index (κ2) is 4.07. The Kier molecular flexibility index (Phi) is 3.27. The van der Waals surface area contributed by atoms with Gasteiger partial charge < -0.3 is 15.8 Å². The summed E-state index contributed by atoms with van der Waals surface area (Å²) in [6.07, 6.45) is 1.54. The molecule has 1 rings (SSSR count). The zero-order valence-electron chi connectivity index (χ0n) is 8.30. The number of hydrogen-bond donors (Lipinski definition) is 2. The van der Waals surface area contributed by atoms with Gasteiger partial charge in [0, 0.05) is 12.6 Å². The quantitative estimate of drug-likeness (QED) is 0.653. The van der Waals surface area contributed by atoms with Crippen molar-refractivity contribution in [1.82, 2.24) is 5.32 Å². The maximum Gasteiger partial charge on any atom is 0.242 e.